The highest BCUT2D eigenvalue weighted by Crippen LogP contribution is 2.43. The molecule has 0 radical (unpaired) electrons. The molecule has 31 heavy (non-hydrogen) atoms. The van der Waals surface area contributed by atoms with E-state index in [0.717, 1.165) is 37.8 Å². The topological polar surface area (TPSA) is 100 Å². The summed E-state index contributed by atoms with van der Waals surface area (Å²) in [6, 6.07) is 0.259. The summed E-state index contributed by atoms with van der Waals surface area (Å²) >= 11 is 0. The van der Waals surface area contributed by atoms with Crippen molar-refractivity contribution in [3.8, 4) is 0 Å². The fraction of sp³-hybridized carbons (Fsp3) is 0.909. The van der Waals surface area contributed by atoms with Crippen LogP contribution in [-0.2, 0) is 19.7 Å². The van der Waals surface area contributed by atoms with E-state index in [1.54, 1.807) is 5.01 Å². The van der Waals surface area contributed by atoms with Gasteiger partial charge in [-0.25, -0.2) is 18.1 Å². The molecule has 2 N–H and O–H groups in total. The van der Waals surface area contributed by atoms with Crippen LogP contribution >= 0.6 is 0 Å². The summed E-state index contributed by atoms with van der Waals surface area (Å²) in [7, 11) is -3.43. The van der Waals surface area contributed by atoms with Gasteiger partial charge < -0.3 is 0 Å². The number of nitrogens with zero attached hydrogens (tertiary/aromatic N) is 2. The summed E-state index contributed by atoms with van der Waals surface area (Å²) in [5, 5.41) is 5.95. The Morgan fingerprint density at radius 3 is 2.58 bits per heavy atom. The van der Waals surface area contributed by atoms with Gasteiger partial charge in [0.1, 0.15) is 6.10 Å². The van der Waals surface area contributed by atoms with Crippen molar-refractivity contribution in [2.45, 2.75) is 101 Å². The number of rotatable bonds is 7. The normalized spacial score (nSPS) is 37.9. The lowest BCUT2D eigenvalue weighted by Crippen LogP contribution is -2.52. The number of amides is 1. The van der Waals surface area contributed by atoms with E-state index >= 15 is 0 Å². The highest BCUT2D eigenvalue weighted by Gasteiger charge is 2.49. The monoisotopic (exact) mass is 452 g/mol. The largest absolute Gasteiger partial charge is 0.296 e. The van der Waals surface area contributed by atoms with Crippen molar-refractivity contribution >= 4 is 21.6 Å². The van der Waals surface area contributed by atoms with Gasteiger partial charge in [-0.3, -0.25) is 9.63 Å². The van der Waals surface area contributed by atoms with Crippen LogP contribution < -0.4 is 10.2 Å². The smallest absolute Gasteiger partial charge is 0.246 e. The zero-order valence-corrected chi connectivity index (χ0v) is 19.5. The van der Waals surface area contributed by atoms with Crippen LogP contribution in [0.1, 0.15) is 78.1 Å². The van der Waals surface area contributed by atoms with Crippen LogP contribution in [0.25, 0.3) is 0 Å². The Labute approximate surface area is 185 Å². The number of hydrogen-bond acceptors (Lipinski definition) is 6. The number of sulfonamides is 1. The summed E-state index contributed by atoms with van der Waals surface area (Å²) in [4.78, 5) is 19.1. The highest BCUT2D eigenvalue weighted by molar-refractivity contribution is 7.90. The van der Waals surface area contributed by atoms with Crippen LogP contribution in [0.15, 0.2) is 5.10 Å². The minimum Gasteiger partial charge on any atom is -0.296 e. The van der Waals surface area contributed by atoms with Crippen molar-refractivity contribution in [2.75, 3.05) is 6.54 Å². The summed E-state index contributed by atoms with van der Waals surface area (Å²) in [6.07, 6.45) is 8.97. The van der Waals surface area contributed by atoms with E-state index in [0.29, 0.717) is 25.3 Å². The van der Waals surface area contributed by atoms with Gasteiger partial charge in [-0.05, 0) is 64.7 Å². The molecule has 0 aromatic carbocycles. The van der Waals surface area contributed by atoms with Crippen molar-refractivity contribution in [2.24, 2.45) is 22.9 Å². The first kappa shape index (κ1) is 21.8. The number of hydroxylamine groups is 1. The second kappa shape index (κ2) is 8.08. The first-order valence-electron chi connectivity index (χ1n) is 12.1. The number of carbonyl (C=O) groups excluding carboxylic acids is 1. The maximum atomic E-state index is 13.4. The maximum Gasteiger partial charge on any atom is 0.246 e. The molecule has 174 valence electrons. The molecule has 3 saturated carbocycles. The average Bonchev–Trinajstić information content (AvgIpc) is 3.25. The molecule has 0 aromatic heterocycles. The summed E-state index contributed by atoms with van der Waals surface area (Å²) in [5.41, 5.74) is 3.81. The fourth-order valence-corrected chi connectivity index (χ4v) is 7.56. The molecule has 0 aromatic rings. The molecule has 8 nitrogen and oxygen atoms in total. The lowest BCUT2D eigenvalue weighted by Gasteiger charge is -2.42. The van der Waals surface area contributed by atoms with E-state index in [9.17, 15) is 13.2 Å². The molecule has 9 heteroatoms. The van der Waals surface area contributed by atoms with E-state index in [-0.39, 0.29) is 35.4 Å². The molecular weight excluding hydrogens is 416 g/mol. The lowest BCUT2D eigenvalue weighted by molar-refractivity contribution is -0.141. The Morgan fingerprint density at radius 1 is 1.19 bits per heavy atom. The first-order chi connectivity index (χ1) is 14.7. The Bertz CT molecular complexity index is 852. The van der Waals surface area contributed by atoms with Crippen LogP contribution in [0.3, 0.4) is 0 Å². The fourth-order valence-electron chi connectivity index (χ4n) is 5.60. The Kier molecular flexibility index (Phi) is 5.68. The van der Waals surface area contributed by atoms with Crippen LogP contribution in [0.4, 0.5) is 0 Å². The zero-order chi connectivity index (χ0) is 21.8. The van der Waals surface area contributed by atoms with E-state index in [2.05, 4.69) is 17.1 Å². The van der Waals surface area contributed by atoms with Crippen LogP contribution in [0.2, 0.25) is 0 Å². The van der Waals surface area contributed by atoms with Gasteiger partial charge in [0, 0.05) is 29.1 Å². The minimum absolute atomic E-state index is 0.0250. The highest BCUT2D eigenvalue weighted by atomic mass is 32.2. The SMILES string of the molecule is CC1CC(CN2N=C(CC3CCC3)C3CCC(S(=O)(=O)NC4(C)CC4)CC3C2=O)ON1. The number of fused-ring (bicyclic) bond motifs is 1. The van der Waals surface area contributed by atoms with E-state index in [1.807, 2.05) is 6.92 Å². The Balaban J connectivity index is 1.34. The molecule has 2 heterocycles. The van der Waals surface area contributed by atoms with Crippen molar-refractivity contribution in [1.82, 2.24) is 15.2 Å². The standard InChI is InChI=1S/C22H36N4O4S/c1-14-10-16(30-24-14)13-26-21(27)19-12-17(31(28,29)25-22(2)8-9-22)6-7-18(19)20(23-26)11-15-4-3-5-15/h14-19,24-25H,3-13H2,1-2H3. The molecule has 5 aliphatic rings. The molecular formula is C22H36N4O4S. The van der Waals surface area contributed by atoms with Gasteiger partial charge in [-0.2, -0.15) is 10.6 Å². The second-order valence-corrected chi connectivity index (χ2v) is 12.8. The number of hydrazone groups is 1. The van der Waals surface area contributed by atoms with Crippen LogP contribution in [-0.4, -0.2) is 54.5 Å². The van der Waals surface area contributed by atoms with Gasteiger partial charge in [0.05, 0.1) is 11.8 Å². The molecule has 0 bridgehead atoms. The quantitative estimate of drug-likeness (QED) is 0.617. The number of hydrogen-bond donors (Lipinski definition) is 2. The predicted molar refractivity (Wildman–Crippen MR) is 118 cm³/mol. The van der Waals surface area contributed by atoms with Crippen molar-refractivity contribution in [3.63, 3.8) is 0 Å². The molecule has 4 fully saturated rings. The van der Waals surface area contributed by atoms with Crippen LogP contribution in [0.5, 0.6) is 0 Å². The zero-order valence-electron chi connectivity index (χ0n) is 18.7. The van der Waals surface area contributed by atoms with Crippen molar-refractivity contribution in [3.05, 3.63) is 0 Å². The van der Waals surface area contributed by atoms with Gasteiger partial charge >= 0.3 is 0 Å². The second-order valence-electron chi connectivity index (χ2n) is 10.9. The predicted octanol–water partition coefficient (Wildman–Crippen LogP) is 2.31. The molecule has 2 aliphatic heterocycles. The van der Waals surface area contributed by atoms with Gasteiger partial charge in [0.25, 0.3) is 0 Å². The lowest BCUT2D eigenvalue weighted by atomic mass is 9.71. The van der Waals surface area contributed by atoms with Crippen LogP contribution in [0, 0.1) is 17.8 Å². The molecule has 1 saturated heterocycles. The van der Waals surface area contributed by atoms with E-state index in [4.69, 9.17) is 9.94 Å². The third-order valence-electron chi connectivity index (χ3n) is 8.03. The molecule has 5 atom stereocenters. The van der Waals surface area contributed by atoms with Crippen molar-refractivity contribution < 1.29 is 18.0 Å². The third-order valence-corrected chi connectivity index (χ3v) is 10.1. The van der Waals surface area contributed by atoms with E-state index < -0.39 is 15.3 Å². The molecule has 0 spiro atoms. The van der Waals surface area contributed by atoms with Gasteiger partial charge in [0.15, 0.2) is 0 Å². The minimum atomic E-state index is -3.43. The summed E-state index contributed by atoms with van der Waals surface area (Å²) in [5.74, 6) is 0.440. The first-order valence-corrected chi connectivity index (χ1v) is 13.6. The Hall–Kier alpha value is -1.03. The average molecular weight is 453 g/mol. The van der Waals surface area contributed by atoms with Gasteiger partial charge in [0.2, 0.25) is 15.9 Å². The third kappa shape index (κ3) is 4.56. The molecule has 3 aliphatic carbocycles. The summed E-state index contributed by atoms with van der Waals surface area (Å²) in [6.45, 7) is 4.45. The number of carbonyl (C=O) groups is 1. The summed E-state index contributed by atoms with van der Waals surface area (Å²) < 4.78 is 29.0. The number of nitrogens with one attached hydrogen (secondary N) is 2. The molecule has 5 unspecified atom stereocenters. The Morgan fingerprint density at radius 2 is 1.97 bits per heavy atom. The van der Waals surface area contributed by atoms with Crippen molar-refractivity contribution in [1.29, 1.82) is 0 Å². The van der Waals surface area contributed by atoms with Gasteiger partial charge in [-0.1, -0.05) is 19.3 Å². The van der Waals surface area contributed by atoms with E-state index in [1.165, 1.54) is 19.3 Å². The maximum absolute atomic E-state index is 13.4. The molecule has 1 amide bonds. The van der Waals surface area contributed by atoms with Gasteiger partial charge in [-0.15, -0.1) is 0 Å². The molecule has 5 rings (SSSR count).